The van der Waals surface area contributed by atoms with E-state index in [1.807, 2.05) is 0 Å². The van der Waals surface area contributed by atoms with Crippen LogP contribution in [0.15, 0.2) is 0 Å². The monoisotopic (exact) mass is 184 g/mol. The summed E-state index contributed by atoms with van der Waals surface area (Å²) in [7, 11) is 0. The summed E-state index contributed by atoms with van der Waals surface area (Å²) in [5, 5.41) is 3.51. The van der Waals surface area contributed by atoms with Crippen molar-refractivity contribution in [3.05, 3.63) is 0 Å². The molecular formula is C10H20N2O. The Morgan fingerprint density at radius 1 is 1.38 bits per heavy atom. The van der Waals surface area contributed by atoms with Crippen LogP contribution < -0.4 is 5.32 Å². The lowest BCUT2D eigenvalue weighted by molar-refractivity contribution is 0.00440. The number of nitrogens with one attached hydrogen (secondary N) is 1. The van der Waals surface area contributed by atoms with E-state index in [1.165, 1.54) is 25.9 Å². The Labute approximate surface area is 80.4 Å². The Bertz CT molecular complexity index is 178. The average Bonchev–Trinajstić information content (AvgIpc) is 2.24. The van der Waals surface area contributed by atoms with E-state index in [2.05, 4.69) is 24.1 Å². The SMILES string of the molecule is CC(C)N1CC[C@]2(CCN2)COC1. The number of hydrogen-bond donors (Lipinski definition) is 1. The maximum absolute atomic E-state index is 5.69. The number of ether oxygens (including phenoxy) is 1. The summed E-state index contributed by atoms with van der Waals surface area (Å²) in [5.74, 6) is 0. The van der Waals surface area contributed by atoms with Gasteiger partial charge in [0.2, 0.25) is 0 Å². The predicted octanol–water partition coefficient (Wildman–Crippen LogP) is 0.807. The molecule has 3 nitrogen and oxygen atoms in total. The molecule has 0 aromatic heterocycles. The molecule has 2 rings (SSSR count). The minimum absolute atomic E-state index is 0.337. The van der Waals surface area contributed by atoms with Crippen LogP contribution in [0.25, 0.3) is 0 Å². The lowest BCUT2D eigenvalue weighted by Crippen LogP contribution is -2.59. The highest BCUT2D eigenvalue weighted by Gasteiger charge is 2.38. The second kappa shape index (κ2) is 3.56. The molecule has 0 amide bonds. The average molecular weight is 184 g/mol. The fourth-order valence-corrected chi connectivity index (χ4v) is 2.08. The van der Waals surface area contributed by atoms with Crippen molar-refractivity contribution >= 4 is 0 Å². The zero-order valence-corrected chi connectivity index (χ0v) is 8.68. The van der Waals surface area contributed by atoms with Gasteiger partial charge < -0.3 is 10.1 Å². The zero-order valence-electron chi connectivity index (χ0n) is 8.68. The third-order valence-corrected chi connectivity index (χ3v) is 3.35. The van der Waals surface area contributed by atoms with Crippen molar-refractivity contribution in [3.63, 3.8) is 0 Å². The zero-order chi connectivity index (χ0) is 9.31. The van der Waals surface area contributed by atoms with Crippen molar-refractivity contribution in [2.24, 2.45) is 0 Å². The summed E-state index contributed by atoms with van der Waals surface area (Å²) in [6, 6.07) is 0.607. The molecule has 0 saturated carbocycles. The van der Waals surface area contributed by atoms with Gasteiger partial charge in [0.25, 0.3) is 0 Å². The normalized spacial score (nSPS) is 36.2. The molecular weight excluding hydrogens is 164 g/mol. The molecule has 2 fully saturated rings. The number of hydrogen-bond acceptors (Lipinski definition) is 3. The molecule has 1 atom stereocenters. The first kappa shape index (κ1) is 9.44. The molecule has 2 heterocycles. The van der Waals surface area contributed by atoms with E-state index in [0.29, 0.717) is 11.6 Å². The molecule has 0 unspecified atom stereocenters. The Morgan fingerprint density at radius 3 is 2.69 bits per heavy atom. The summed E-state index contributed by atoms with van der Waals surface area (Å²) in [5.41, 5.74) is 0.337. The number of nitrogens with zero attached hydrogens (tertiary/aromatic N) is 1. The largest absolute Gasteiger partial charge is 0.364 e. The summed E-state index contributed by atoms with van der Waals surface area (Å²) < 4.78 is 5.69. The molecule has 2 aliphatic rings. The highest BCUT2D eigenvalue weighted by molar-refractivity contribution is 4.98. The van der Waals surface area contributed by atoms with E-state index in [9.17, 15) is 0 Å². The first-order chi connectivity index (χ1) is 6.22. The van der Waals surface area contributed by atoms with Gasteiger partial charge in [-0.2, -0.15) is 0 Å². The Balaban J connectivity index is 1.90. The molecule has 2 aliphatic heterocycles. The molecule has 76 valence electrons. The van der Waals surface area contributed by atoms with Crippen LogP contribution in [-0.4, -0.2) is 42.9 Å². The van der Waals surface area contributed by atoms with E-state index < -0.39 is 0 Å². The third kappa shape index (κ3) is 1.87. The molecule has 1 spiro atoms. The van der Waals surface area contributed by atoms with Crippen LogP contribution in [0.4, 0.5) is 0 Å². The van der Waals surface area contributed by atoms with Gasteiger partial charge in [0.15, 0.2) is 0 Å². The van der Waals surface area contributed by atoms with Gasteiger partial charge in [-0.3, -0.25) is 4.90 Å². The van der Waals surface area contributed by atoms with Crippen LogP contribution in [0.2, 0.25) is 0 Å². The maximum Gasteiger partial charge on any atom is 0.0993 e. The van der Waals surface area contributed by atoms with Gasteiger partial charge in [0.1, 0.15) is 0 Å². The van der Waals surface area contributed by atoms with E-state index in [-0.39, 0.29) is 0 Å². The number of rotatable bonds is 1. The standard InChI is InChI=1S/C10H20N2O/c1-9(2)12-6-4-10(3-5-11-10)7-13-8-12/h9,11H,3-8H2,1-2H3/t10-/m1/s1. The van der Waals surface area contributed by atoms with Crippen LogP contribution in [0.3, 0.4) is 0 Å². The first-order valence-electron chi connectivity index (χ1n) is 5.29. The molecule has 0 radical (unpaired) electrons. The van der Waals surface area contributed by atoms with Gasteiger partial charge >= 0.3 is 0 Å². The van der Waals surface area contributed by atoms with Crippen LogP contribution in [0.5, 0.6) is 0 Å². The van der Waals surface area contributed by atoms with E-state index >= 15 is 0 Å². The fourth-order valence-electron chi connectivity index (χ4n) is 2.08. The summed E-state index contributed by atoms with van der Waals surface area (Å²) in [6.07, 6.45) is 2.53. The van der Waals surface area contributed by atoms with Gasteiger partial charge in [-0.05, 0) is 33.2 Å². The molecule has 0 aromatic rings. The molecule has 1 N–H and O–H groups in total. The van der Waals surface area contributed by atoms with E-state index in [0.717, 1.165) is 13.3 Å². The highest BCUT2D eigenvalue weighted by Crippen LogP contribution is 2.26. The molecule has 2 saturated heterocycles. The quantitative estimate of drug-likeness (QED) is 0.652. The van der Waals surface area contributed by atoms with Crippen molar-refractivity contribution in [3.8, 4) is 0 Å². The molecule has 0 bridgehead atoms. The van der Waals surface area contributed by atoms with Gasteiger partial charge in [-0.1, -0.05) is 0 Å². The molecule has 3 heteroatoms. The van der Waals surface area contributed by atoms with Crippen molar-refractivity contribution in [2.45, 2.75) is 38.3 Å². The predicted molar refractivity (Wildman–Crippen MR) is 52.6 cm³/mol. The van der Waals surface area contributed by atoms with Crippen molar-refractivity contribution in [1.29, 1.82) is 0 Å². The Hall–Kier alpha value is -0.120. The third-order valence-electron chi connectivity index (χ3n) is 3.35. The van der Waals surface area contributed by atoms with Crippen LogP contribution in [0, 0.1) is 0 Å². The van der Waals surface area contributed by atoms with E-state index in [1.54, 1.807) is 0 Å². The lowest BCUT2D eigenvalue weighted by Gasteiger charge is -2.42. The minimum Gasteiger partial charge on any atom is -0.364 e. The van der Waals surface area contributed by atoms with Crippen molar-refractivity contribution in [1.82, 2.24) is 10.2 Å². The van der Waals surface area contributed by atoms with Crippen molar-refractivity contribution < 1.29 is 4.74 Å². The summed E-state index contributed by atoms with van der Waals surface area (Å²) >= 11 is 0. The highest BCUT2D eigenvalue weighted by atomic mass is 16.5. The second-order valence-corrected chi connectivity index (χ2v) is 4.59. The molecule has 0 aromatic carbocycles. The first-order valence-corrected chi connectivity index (χ1v) is 5.29. The van der Waals surface area contributed by atoms with Crippen LogP contribution in [-0.2, 0) is 4.74 Å². The maximum atomic E-state index is 5.69. The second-order valence-electron chi connectivity index (χ2n) is 4.59. The smallest absolute Gasteiger partial charge is 0.0993 e. The lowest BCUT2D eigenvalue weighted by atomic mass is 9.85. The Kier molecular flexibility index (Phi) is 2.58. The van der Waals surface area contributed by atoms with Crippen LogP contribution in [0.1, 0.15) is 26.7 Å². The van der Waals surface area contributed by atoms with Crippen LogP contribution >= 0.6 is 0 Å². The van der Waals surface area contributed by atoms with Gasteiger partial charge in [-0.25, -0.2) is 0 Å². The molecule has 0 aliphatic carbocycles. The van der Waals surface area contributed by atoms with E-state index in [4.69, 9.17) is 4.74 Å². The Morgan fingerprint density at radius 2 is 2.15 bits per heavy atom. The summed E-state index contributed by atoms with van der Waals surface area (Å²) in [6.45, 7) is 8.51. The minimum atomic E-state index is 0.337. The summed E-state index contributed by atoms with van der Waals surface area (Å²) in [4.78, 5) is 2.40. The van der Waals surface area contributed by atoms with Gasteiger partial charge in [0.05, 0.1) is 13.3 Å². The van der Waals surface area contributed by atoms with Gasteiger partial charge in [-0.15, -0.1) is 0 Å². The van der Waals surface area contributed by atoms with Gasteiger partial charge in [0, 0.05) is 18.1 Å². The topological polar surface area (TPSA) is 24.5 Å². The molecule has 13 heavy (non-hydrogen) atoms. The van der Waals surface area contributed by atoms with Crippen molar-refractivity contribution in [2.75, 3.05) is 26.4 Å². The fraction of sp³-hybridized carbons (Fsp3) is 1.00.